The van der Waals surface area contributed by atoms with Crippen molar-refractivity contribution in [2.45, 2.75) is 38.1 Å². The van der Waals surface area contributed by atoms with Crippen molar-refractivity contribution < 1.29 is 9.47 Å². The number of anilines is 1. The lowest BCUT2D eigenvalue weighted by Crippen LogP contribution is -2.22. The largest absolute Gasteiger partial charge is 0.454 e. The summed E-state index contributed by atoms with van der Waals surface area (Å²) in [5.41, 5.74) is 0.961. The second-order valence-electron chi connectivity index (χ2n) is 4.66. The Labute approximate surface area is 106 Å². The number of hydrogen-bond donors (Lipinski definition) is 1. The van der Waals surface area contributed by atoms with Crippen LogP contribution in [0.25, 0.3) is 0 Å². The van der Waals surface area contributed by atoms with Crippen LogP contribution in [-0.2, 0) is 0 Å². The first-order valence-electron chi connectivity index (χ1n) is 6.18. The fourth-order valence-corrected chi connectivity index (χ4v) is 2.70. The SMILES string of the molecule is Clc1cc2c(cc1NC1CCCCC1)OCO2. The highest BCUT2D eigenvalue weighted by molar-refractivity contribution is 6.33. The van der Waals surface area contributed by atoms with E-state index < -0.39 is 0 Å². The Bertz CT molecular complexity index is 416. The van der Waals surface area contributed by atoms with E-state index in [-0.39, 0.29) is 0 Å². The van der Waals surface area contributed by atoms with E-state index in [4.69, 9.17) is 21.1 Å². The van der Waals surface area contributed by atoms with Gasteiger partial charge in [-0.3, -0.25) is 0 Å². The van der Waals surface area contributed by atoms with Gasteiger partial charge in [0.2, 0.25) is 6.79 Å². The summed E-state index contributed by atoms with van der Waals surface area (Å²) in [5.74, 6) is 1.52. The number of nitrogens with one attached hydrogen (secondary N) is 1. The normalized spacial score (nSPS) is 19.4. The monoisotopic (exact) mass is 253 g/mol. The molecule has 1 saturated carbocycles. The molecule has 0 radical (unpaired) electrons. The number of hydrogen-bond acceptors (Lipinski definition) is 3. The quantitative estimate of drug-likeness (QED) is 0.869. The van der Waals surface area contributed by atoms with Gasteiger partial charge in [0.25, 0.3) is 0 Å². The summed E-state index contributed by atoms with van der Waals surface area (Å²) < 4.78 is 10.7. The number of ether oxygens (including phenoxy) is 2. The molecule has 0 aromatic heterocycles. The van der Waals surface area contributed by atoms with Gasteiger partial charge in [-0.2, -0.15) is 0 Å². The molecule has 0 unspecified atom stereocenters. The first-order chi connectivity index (χ1) is 8.33. The second kappa shape index (κ2) is 4.65. The highest BCUT2D eigenvalue weighted by Gasteiger charge is 2.19. The minimum absolute atomic E-state index is 0.290. The van der Waals surface area contributed by atoms with Gasteiger partial charge in [0.15, 0.2) is 11.5 Å². The molecule has 1 aliphatic heterocycles. The Balaban J connectivity index is 1.78. The average molecular weight is 254 g/mol. The topological polar surface area (TPSA) is 30.5 Å². The molecular weight excluding hydrogens is 238 g/mol. The molecular formula is C13H16ClNO2. The zero-order valence-corrected chi connectivity index (χ0v) is 10.4. The standard InChI is InChI=1S/C13H16ClNO2/c14-10-6-12-13(17-8-16-12)7-11(10)15-9-4-2-1-3-5-9/h6-7,9,15H,1-5,8H2. The van der Waals surface area contributed by atoms with E-state index in [2.05, 4.69) is 5.32 Å². The molecule has 1 aliphatic carbocycles. The summed E-state index contributed by atoms with van der Waals surface area (Å²) in [5, 5.41) is 4.22. The summed E-state index contributed by atoms with van der Waals surface area (Å²) in [6, 6.07) is 4.32. The van der Waals surface area contributed by atoms with E-state index >= 15 is 0 Å². The maximum absolute atomic E-state index is 6.23. The van der Waals surface area contributed by atoms with Gasteiger partial charge >= 0.3 is 0 Å². The van der Waals surface area contributed by atoms with Crippen molar-refractivity contribution in [3.05, 3.63) is 17.2 Å². The molecule has 1 N–H and O–H groups in total. The molecule has 0 amide bonds. The first-order valence-corrected chi connectivity index (χ1v) is 6.56. The summed E-state index contributed by atoms with van der Waals surface area (Å²) >= 11 is 6.23. The summed E-state index contributed by atoms with van der Waals surface area (Å²) in [7, 11) is 0. The molecule has 4 heteroatoms. The van der Waals surface area contributed by atoms with Crippen LogP contribution in [-0.4, -0.2) is 12.8 Å². The fraction of sp³-hybridized carbons (Fsp3) is 0.538. The first kappa shape index (κ1) is 11.0. The van der Waals surface area contributed by atoms with Gasteiger partial charge in [-0.25, -0.2) is 0 Å². The minimum atomic E-state index is 0.290. The van der Waals surface area contributed by atoms with Crippen molar-refractivity contribution in [1.29, 1.82) is 0 Å². The zero-order valence-electron chi connectivity index (χ0n) is 9.67. The Morgan fingerprint density at radius 3 is 2.53 bits per heavy atom. The molecule has 17 heavy (non-hydrogen) atoms. The van der Waals surface area contributed by atoms with Crippen LogP contribution >= 0.6 is 11.6 Å². The lowest BCUT2D eigenvalue weighted by atomic mass is 9.95. The molecule has 1 aromatic rings. The number of halogens is 1. The third kappa shape index (κ3) is 2.29. The summed E-state index contributed by atoms with van der Waals surface area (Å²) in [6.45, 7) is 0.290. The number of rotatable bonds is 2. The van der Waals surface area contributed by atoms with Crippen LogP contribution in [0.5, 0.6) is 11.5 Å². The van der Waals surface area contributed by atoms with Gasteiger partial charge in [-0.15, -0.1) is 0 Å². The van der Waals surface area contributed by atoms with Crippen LogP contribution in [0.2, 0.25) is 5.02 Å². The van der Waals surface area contributed by atoms with E-state index in [1.165, 1.54) is 32.1 Å². The lowest BCUT2D eigenvalue weighted by molar-refractivity contribution is 0.174. The molecule has 1 fully saturated rings. The van der Waals surface area contributed by atoms with Gasteiger partial charge in [-0.05, 0) is 12.8 Å². The molecule has 92 valence electrons. The Kier molecular flexibility index (Phi) is 3.02. The maximum Gasteiger partial charge on any atom is 0.231 e. The van der Waals surface area contributed by atoms with Gasteiger partial charge in [0.05, 0.1) is 10.7 Å². The van der Waals surface area contributed by atoms with Gasteiger partial charge in [0, 0.05) is 18.2 Å². The Morgan fingerprint density at radius 1 is 1.06 bits per heavy atom. The number of fused-ring (bicyclic) bond motifs is 1. The highest BCUT2D eigenvalue weighted by Crippen LogP contribution is 2.39. The van der Waals surface area contributed by atoms with Crippen LogP contribution in [0.1, 0.15) is 32.1 Å². The van der Waals surface area contributed by atoms with Crippen LogP contribution in [0.4, 0.5) is 5.69 Å². The Hall–Kier alpha value is -1.09. The zero-order chi connectivity index (χ0) is 11.7. The molecule has 3 nitrogen and oxygen atoms in total. The predicted octanol–water partition coefficient (Wildman–Crippen LogP) is 3.81. The molecule has 0 atom stereocenters. The van der Waals surface area contributed by atoms with Crippen LogP contribution in [0.15, 0.2) is 12.1 Å². The van der Waals surface area contributed by atoms with Crippen LogP contribution in [0, 0.1) is 0 Å². The molecule has 0 spiro atoms. The third-order valence-electron chi connectivity index (χ3n) is 3.43. The Morgan fingerprint density at radius 2 is 1.76 bits per heavy atom. The van der Waals surface area contributed by atoms with Crippen molar-refractivity contribution in [1.82, 2.24) is 0 Å². The molecule has 3 rings (SSSR count). The minimum Gasteiger partial charge on any atom is -0.454 e. The van der Waals surface area contributed by atoms with Gasteiger partial charge in [-0.1, -0.05) is 30.9 Å². The second-order valence-corrected chi connectivity index (χ2v) is 5.07. The fourth-order valence-electron chi connectivity index (χ4n) is 2.49. The van der Waals surface area contributed by atoms with E-state index in [1.54, 1.807) is 0 Å². The predicted molar refractivity (Wildman–Crippen MR) is 68.1 cm³/mol. The van der Waals surface area contributed by atoms with Crippen LogP contribution in [0.3, 0.4) is 0 Å². The smallest absolute Gasteiger partial charge is 0.231 e. The maximum atomic E-state index is 6.23. The average Bonchev–Trinajstić information content (AvgIpc) is 2.78. The molecule has 0 bridgehead atoms. The molecule has 2 aliphatic rings. The number of benzene rings is 1. The van der Waals surface area contributed by atoms with E-state index in [0.29, 0.717) is 17.9 Å². The van der Waals surface area contributed by atoms with Crippen molar-refractivity contribution in [2.75, 3.05) is 12.1 Å². The third-order valence-corrected chi connectivity index (χ3v) is 3.74. The van der Waals surface area contributed by atoms with Crippen molar-refractivity contribution in [3.8, 4) is 11.5 Å². The van der Waals surface area contributed by atoms with Crippen molar-refractivity contribution in [2.24, 2.45) is 0 Å². The molecule has 0 saturated heterocycles. The van der Waals surface area contributed by atoms with Gasteiger partial charge < -0.3 is 14.8 Å². The summed E-state index contributed by atoms with van der Waals surface area (Å²) in [6.07, 6.45) is 6.42. The van der Waals surface area contributed by atoms with Crippen LogP contribution < -0.4 is 14.8 Å². The van der Waals surface area contributed by atoms with Crippen molar-refractivity contribution in [3.63, 3.8) is 0 Å². The molecule has 1 aromatic carbocycles. The summed E-state index contributed by atoms with van der Waals surface area (Å²) in [4.78, 5) is 0. The lowest BCUT2D eigenvalue weighted by Gasteiger charge is -2.24. The van der Waals surface area contributed by atoms with E-state index in [1.807, 2.05) is 12.1 Å². The van der Waals surface area contributed by atoms with Crippen molar-refractivity contribution >= 4 is 17.3 Å². The molecule has 1 heterocycles. The van der Waals surface area contributed by atoms with E-state index in [0.717, 1.165) is 17.2 Å². The van der Waals surface area contributed by atoms with E-state index in [9.17, 15) is 0 Å². The highest BCUT2D eigenvalue weighted by atomic mass is 35.5. The van der Waals surface area contributed by atoms with Gasteiger partial charge in [0.1, 0.15) is 0 Å².